The largest absolute Gasteiger partial charge is 0.391 e. The fourth-order valence-corrected chi connectivity index (χ4v) is 3.73. The molecule has 1 fully saturated rings. The quantitative estimate of drug-likeness (QED) is 0.855. The van der Waals surface area contributed by atoms with Crippen LogP contribution in [0.15, 0.2) is 22.0 Å². The number of thiophene rings is 1. The zero-order chi connectivity index (χ0) is 13.8. The molecule has 2 rings (SSSR count). The minimum absolute atomic E-state index is 0.00452. The lowest BCUT2D eigenvalue weighted by Gasteiger charge is -2.36. The molecule has 0 radical (unpaired) electrons. The molecule has 0 aromatic carbocycles. The third-order valence-electron chi connectivity index (χ3n) is 3.37. The lowest BCUT2D eigenvalue weighted by atomic mass is 9.98. The SMILES string of the molecule is CC(O)C1CCCCN1C(=O)/C=C/c1ccc(Br)s1. The van der Waals surface area contributed by atoms with Crippen molar-refractivity contribution < 1.29 is 9.90 Å². The first-order valence-corrected chi connectivity index (χ1v) is 8.11. The second-order valence-corrected chi connectivity index (χ2v) is 7.31. The van der Waals surface area contributed by atoms with Crippen LogP contribution in [0.25, 0.3) is 6.08 Å². The van der Waals surface area contributed by atoms with Crippen molar-refractivity contribution in [2.24, 2.45) is 0 Å². The van der Waals surface area contributed by atoms with Crippen molar-refractivity contribution in [3.63, 3.8) is 0 Å². The van der Waals surface area contributed by atoms with Crippen LogP contribution < -0.4 is 0 Å². The summed E-state index contributed by atoms with van der Waals surface area (Å²) in [6.07, 6.45) is 5.98. The van der Waals surface area contributed by atoms with E-state index < -0.39 is 6.10 Å². The summed E-state index contributed by atoms with van der Waals surface area (Å²) in [5.74, 6) is -0.00452. The maximum atomic E-state index is 12.2. The van der Waals surface area contributed by atoms with E-state index in [0.717, 1.165) is 34.5 Å². The second kappa shape index (κ2) is 6.68. The van der Waals surface area contributed by atoms with E-state index in [1.807, 2.05) is 18.2 Å². The van der Waals surface area contributed by atoms with E-state index in [1.54, 1.807) is 29.2 Å². The molecule has 104 valence electrons. The maximum Gasteiger partial charge on any atom is 0.246 e. The van der Waals surface area contributed by atoms with Gasteiger partial charge < -0.3 is 10.0 Å². The van der Waals surface area contributed by atoms with Gasteiger partial charge in [0, 0.05) is 17.5 Å². The summed E-state index contributed by atoms with van der Waals surface area (Å²) in [6, 6.07) is 3.90. The molecule has 0 saturated carbocycles. The lowest BCUT2D eigenvalue weighted by molar-refractivity contribution is -0.132. The van der Waals surface area contributed by atoms with Gasteiger partial charge in [-0.2, -0.15) is 0 Å². The normalized spacial score (nSPS) is 21.8. The monoisotopic (exact) mass is 343 g/mol. The molecule has 2 unspecified atom stereocenters. The Morgan fingerprint density at radius 2 is 2.37 bits per heavy atom. The summed E-state index contributed by atoms with van der Waals surface area (Å²) in [5.41, 5.74) is 0. The number of aliphatic hydroxyl groups is 1. The molecule has 2 atom stereocenters. The standard InChI is InChI=1S/C14H18BrNO2S/c1-10(17)12-4-2-3-9-16(12)14(18)8-6-11-5-7-13(15)19-11/h5-8,10,12,17H,2-4,9H2,1H3/b8-6+. The maximum absolute atomic E-state index is 12.2. The molecule has 0 aliphatic carbocycles. The molecule has 1 saturated heterocycles. The van der Waals surface area contributed by atoms with E-state index in [9.17, 15) is 9.90 Å². The summed E-state index contributed by atoms with van der Waals surface area (Å²) in [4.78, 5) is 15.1. The first-order valence-electron chi connectivity index (χ1n) is 6.50. The van der Waals surface area contributed by atoms with Crippen LogP contribution in [0.2, 0.25) is 0 Å². The molecule has 1 amide bonds. The van der Waals surface area contributed by atoms with E-state index in [2.05, 4.69) is 15.9 Å². The summed E-state index contributed by atoms with van der Waals surface area (Å²) < 4.78 is 1.06. The van der Waals surface area contributed by atoms with E-state index in [1.165, 1.54) is 0 Å². The van der Waals surface area contributed by atoms with Gasteiger partial charge in [0.25, 0.3) is 0 Å². The van der Waals surface area contributed by atoms with Gasteiger partial charge in [0.2, 0.25) is 5.91 Å². The number of carbonyl (C=O) groups is 1. The van der Waals surface area contributed by atoms with E-state index in [-0.39, 0.29) is 11.9 Å². The number of halogens is 1. The molecule has 2 heterocycles. The number of rotatable bonds is 3. The van der Waals surface area contributed by atoms with Crippen molar-refractivity contribution in [3.8, 4) is 0 Å². The third-order valence-corrected chi connectivity index (χ3v) is 4.96. The van der Waals surface area contributed by atoms with Crippen LogP contribution >= 0.6 is 27.3 Å². The average Bonchev–Trinajstić information content (AvgIpc) is 2.81. The molecule has 19 heavy (non-hydrogen) atoms. The minimum atomic E-state index is -0.464. The van der Waals surface area contributed by atoms with Crippen LogP contribution in [0.3, 0.4) is 0 Å². The zero-order valence-electron chi connectivity index (χ0n) is 10.9. The molecule has 0 spiro atoms. The molecule has 0 bridgehead atoms. The van der Waals surface area contributed by atoms with Gasteiger partial charge in [-0.1, -0.05) is 0 Å². The van der Waals surface area contributed by atoms with Crippen LogP contribution in [-0.2, 0) is 4.79 Å². The molecular weight excluding hydrogens is 326 g/mol. The van der Waals surface area contributed by atoms with Crippen molar-refractivity contribution in [2.75, 3.05) is 6.54 Å². The Hall–Kier alpha value is -0.650. The number of hydrogen-bond donors (Lipinski definition) is 1. The predicted octanol–water partition coefficient (Wildman–Crippen LogP) is 3.29. The molecule has 1 N–H and O–H groups in total. The fourth-order valence-electron chi connectivity index (χ4n) is 2.40. The van der Waals surface area contributed by atoms with E-state index in [4.69, 9.17) is 0 Å². The highest BCUT2D eigenvalue weighted by Gasteiger charge is 2.28. The topological polar surface area (TPSA) is 40.5 Å². The van der Waals surface area contributed by atoms with Crippen molar-refractivity contribution in [1.29, 1.82) is 0 Å². The van der Waals surface area contributed by atoms with E-state index in [0.29, 0.717) is 0 Å². The second-order valence-electron chi connectivity index (χ2n) is 4.81. The van der Waals surface area contributed by atoms with Crippen molar-refractivity contribution >= 4 is 39.2 Å². The Kier molecular flexibility index (Phi) is 5.19. The van der Waals surface area contributed by atoms with Crippen LogP contribution in [0.4, 0.5) is 0 Å². The Morgan fingerprint density at radius 1 is 1.58 bits per heavy atom. The number of likely N-dealkylation sites (tertiary alicyclic amines) is 1. The summed E-state index contributed by atoms with van der Waals surface area (Å²) in [5, 5.41) is 9.76. The fraction of sp³-hybridized carbons (Fsp3) is 0.500. The molecule has 5 heteroatoms. The minimum Gasteiger partial charge on any atom is -0.391 e. The zero-order valence-corrected chi connectivity index (χ0v) is 13.3. The van der Waals surface area contributed by atoms with Gasteiger partial charge in [0.15, 0.2) is 0 Å². The average molecular weight is 344 g/mol. The Bertz CT molecular complexity index is 470. The van der Waals surface area contributed by atoms with E-state index >= 15 is 0 Å². The first kappa shape index (κ1) is 14.8. The molecule has 1 aromatic heterocycles. The predicted molar refractivity (Wildman–Crippen MR) is 82.1 cm³/mol. The van der Waals surface area contributed by atoms with Gasteiger partial charge in [-0.15, -0.1) is 11.3 Å². The molecule has 1 aliphatic rings. The van der Waals surface area contributed by atoms with Crippen LogP contribution in [0.5, 0.6) is 0 Å². The Balaban J connectivity index is 2.03. The summed E-state index contributed by atoms with van der Waals surface area (Å²) >= 11 is 4.99. The van der Waals surface area contributed by atoms with Gasteiger partial charge in [-0.3, -0.25) is 4.79 Å². The first-order chi connectivity index (χ1) is 9.08. The van der Waals surface area contributed by atoms with Gasteiger partial charge in [-0.25, -0.2) is 0 Å². The highest BCUT2D eigenvalue weighted by atomic mass is 79.9. The Morgan fingerprint density at radius 3 is 3.00 bits per heavy atom. The highest BCUT2D eigenvalue weighted by Crippen LogP contribution is 2.24. The van der Waals surface area contributed by atoms with Crippen molar-refractivity contribution in [2.45, 2.75) is 38.3 Å². The van der Waals surface area contributed by atoms with Crippen molar-refractivity contribution in [3.05, 3.63) is 26.9 Å². The summed E-state index contributed by atoms with van der Waals surface area (Å²) in [7, 11) is 0. The van der Waals surface area contributed by atoms with Gasteiger partial charge in [0.05, 0.1) is 15.9 Å². The lowest BCUT2D eigenvalue weighted by Crippen LogP contribution is -2.48. The van der Waals surface area contributed by atoms with Gasteiger partial charge in [0.1, 0.15) is 0 Å². The van der Waals surface area contributed by atoms with Gasteiger partial charge >= 0.3 is 0 Å². The highest BCUT2D eigenvalue weighted by molar-refractivity contribution is 9.11. The number of nitrogens with zero attached hydrogens (tertiary/aromatic N) is 1. The molecule has 1 aromatic rings. The van der Waals surface area contributed by atoms with Crippen LogP contribution in [0.1, 0.15) is 31.1 Å². The molecule has 3 nitrogen and oxygen atoms in total. The third kappa shape index (κ3) is 3.91. The molecule has 1 aliphatic heterocycles. The van der Waals surface area contributed by atoms with Crippen molar-refractivity contribution in [1.82, 2.24) is 4.90 Å². The number of amides is 1. The van der Waals surface area contributed by atoms with Crippen LogP contribution in [0, 0.1) is 0 Å². The number of aliphatic hydroxyl groups excluding tert-OH is 1. The smallest absolute Gasteiger partial charge is 0.246 e. The number of carbonyl (C=O) groups excluding carboxylic acids is 1. The number of hydrogen-bond acceptors (Lipinski definition) is 3. The van der Waals surface area contributed by atoms with Crippen LogP contribution in [-0.4, -0.2) is 34.6 Å². The van der Waals surface area contributed by atoms with Gasteiger partial charge in [-0.05, 0) is 60.3 Å². The number of piperidine rings is 1. The summed E-state index contributed by atoms with van der Waals surface area (Å²) in [6.45, 7) is 2.50. The Labute approximate surface area is 126 Å². The molecular formula is C14H18BrNO2S.